The Morgan fingerprint density at radius 2 is 1.85 bits per heavy atom. The summed E-state index contributed by atoms with van der Waals surface area (Å²) in [6.45, 7) is 2.02. The van der Waals surface area contributed by atoms with E-state index in [1.165, 1.54) is 7.11 Å². The molecule has 2 N–H and O–H groups in total. The Morgan fingerprint density at radius 3 is 2.45 bits per heavy atom. The lowest BCUT2D eigenvalue weighted by atomic mass is 10.1. The second-order valence-corrected chi connectivity index (χ2v) is 8.70. The van der Waals surface area contributed by atoms with Crippen molar-refractivity contribution in [2.45, 2.75) is 31.5 Å². The SMILES string of the molecule is COc1ncc(NC(=O)c2ccnn2CC(F)(F)F)cc1S(=O)(=O)Nc1c(C)cccc1C. The van der Waals surface area contributed by atoms with Crippen molar-refractivity contribution in [1.82, 2.24) is 14.8 Å². The molecule has 0 saturated carbocycles. The summed E-state index contributed by atoms with van der Waals surface area (Å²) in [5.41, 5.74) is 1.33. The first-order chi connectivity index (χ1) is 15.4. The van der Waals surface area contributed by atoms with Crippen LogP contribution in [0.1, 0.15) is 21.6 Å². The largest absolute Gasteiger partial charge is 0.480 e. The van der Waals surface area contributed by atoms with Crippen molar-refractivity contribution in [2.75, 3.05) is 17.1 Å². The van der Waals surface area contributed by atoms with Crippen LogP contribution in [-0.4, -0.2) is 42.4 Å². The topological polar surface area (TPSA) is 115 Å². The third-order valence-electron chi connectivity index (χ3n) is 4.55. The number of sulfonamides is 1. The molecular formula is C20H20F3N5O4S. The van der Waals surface area contributed by atoms with Gasteiger partial charge in [-0.15, -0.1) is 0 Å². The molecule has 2 aromatic heterocycles. The first kappa shape index (κ1) is 24.0. The smallest absolute Gasteiger partial charge is 0.408 e. The van der Waals surface area contributed by atoms with E-state index in [2.05, 4.69) is 20.1 Å². The third kappa shape index (κ3) is 5.61. The van der Waals surface area contributed by atoms with Crippen molar-refractivity contribution in [2.24, 2.45) is 0 Å². The van der Waals surface area contributed by atoms with Crippen LogP contribution in [0.15, 0.2) is 47.6 Å². The van der Waals surface area contributed by atoms with Gasteiger partial charge in [0.05, 0.1) is 24.7 Å². The van der Waals surface area contributed by atoms with Crippen molar-refractivity contribution >= 4 is 27.3 Å². The first-order valence-corrected chi connectivity index (χ1v) is 10.9. The zero-order valence-corrected chi connectivity index (χ0v) is 18.6. The van der Waals surface area contributed by atoms with Gasteiger partial charge in [-0.2, -0.15) is 18.3 Å². The lowest BCUT2D eigenvalue weighted by molar-refractivity contribution is -0.142. The number of carbonyl (C=O) groups is 1. The molecule has 0 unspecified atom stereocenters. The van der Waals surface area contributed by atoms with Crippen LogP contribution in [0.2, 0.25) is 0 Å². The number of ether oxygens (including phenoxy) is 1. The van der Waals surface area contributed by atoms with Gasteiger partial charge in [0.25, 0.3) is 15.9 Å². The molecule has 3 rings (SSSR count). The quantitative estimate of drug-likeness (QED) is 0.531. The Morgan fingerprint density at radius 1 is 1.18 bits per heavy atom. The lowest BCUT2D eigenvalue weighted by Crippen LogP contribution is -2.24. The Bertz CT molecular complexity index is 1270. The van der Waals surface area contributed by atoms with Gasteiger partial charge in [0.2, 0.25) is 5.88 Å². The minimum Gasteiger partial charge on any atom is -0.480 e. The van der Waals surface area contributed by atoms with E-state index in [0.29, 0.717) is 21.5 Å². The predicted molar refractivity (Wildman–Crippen MR) is 114 cm³/mol. The molecule has 176 valence electrons. The monoisotopic (exact) mass is 483 g/mol. The van der Waals surface area contributed by atoms with E-state index in [1.807, 2.05) is 0 Å². The Labute approximate surface area is 187 Å². The molecule has 0 aliphatic carbocycles. The maximum Gasteiger partial charge on any atom is 0.408 e. The van der Waals surface area contributed by atoms with E-state index in [-0.39, 0.29) is 22.2 Å². The van der Waals surface area contributed by atoms with E-state index in [1.54, 1.807) is 32.0 Å². The number of carbonyl (C=O) groups excluding carboxylic acids is 1. The molecule has 33 heavy (non-hydrogen) atoms. The van der Waals surface area contributed by atoms with Gasteiger partial charge in [-0.3, -0.25) is 14.2 Å². The van der Waals surface area contributed by atoms with Gasteiger partial charge in [0, 0.05) is 6.20 Å². The summed E-state index contributed by atoms with van der Waals surface area (Å²) in [6, 6.07) is 7.47. The number of methoxy groups -OCH3 is 1. The second kappa shape index (κ2) is 9.10. The number of nitrogens with one attached hydrogen (secondary N) is 2. The number of amides is 1. The summed E-state index contributed by atoms with van der Waals surface area (Å²) in [7, 11) is -2.97. The number of alkyl halides is 3. The molecule has 1 aromatic carbocycles. The maximum absolute atomic E-state index is 13.1. The van der Waals surface area contributed by atoms with Gasteiger partial charge < -0.3 is 10.1 Å². The minimum atomic E-state index is -4.58. The van der Waals surface area contributed by atoms with Gasteiger partial charge in [0.1, 0.15) is 12.2 Å². The number of pyridine rings is 1. The van der Waals surface area contributed by atoms with E-state index >= 15 is 0 Å². The number of hydrogen-bond donors (Lipinski definition) is 2. The molecular weight excluding hydrogens is 463 g/mol. The highest BCUT2D eigenvalue weighted by Gasteiger charge is 2.30. The zero-order chi connectivity index (χ0) is 24.4. The molecule has 0 fully saturated rings. The van der Waals surface area contributed by atoms with Crippen LogP contribution >= 0.6 is 0 Å². The summed E-state index contributed by atoms with van der Waals surface area (Å²) in [5, 5.41) is 5.85. The number of rotatable bonds is 7. The fourth-order valence-electron chi connectivity index (χ4n) is 3.03. The van der Waals surface area contributed by atoms with Crippen LogP contribution in [0.4, 0.5) is 24.5 Å². The van der Waals surface area contributed by atoms with Gasteiger partial charge >= 0.3 is 6.18 Å². The molecule has 1 amide bonds. The molecule has 0 aliphatic rings. The maximum atomic E-state index is 13.1. The van der Waals surface area contributed by atoms with Crippen LogP contribution in [0.25, 0.3) is 0 Å². The summed E-state index contributed by atoms with van der Waals surface area (Å²) in [6.07, 6.45) is -2.40. The fourth-order valence-corrected chi connectivity index (χ4v) is 4.38. The molecule has 0 radical (unpaired) electrons. The second-order valence-electron chi connectivity index (χ2n) is 7.05. The highest BCUT2D eigenvalue weighted by Crippen LogP contribution is 2.29. The highest BCUT2D eigenvalue weighted by atomic mass is 32.2. The van der Waals surface area contributed by atoms with Crippen LogP contribution in [-0.2, 0) is 16.6 Å². The fraction of sp³-hybridized carbons (Fsp3) is 0.250. The number of aryl methyl sites for hydroxylation is 2. The van der Waals surface area contributed by atoms with Crippen LogP contribution in [0.5, 0.6) is 5.88 Å². The number of hydrogen-bond acceptors (Lipinski definition) is 6. The highest BCUT2D eigenvalue weighted by molar-refractivity contribution is 7.92. The average Bonchev–Trinajstić information content (AvgIpc) is 3.17. The Kier molecular flexibility index (Phi) is 6.63. The summed E-state index contributed by atoms with van der Waals surface area (Å²) >= 11 is 0. The zero-order valence-electron chi connectivity index (χ0n) is 17.8. The number of benzene rings is 1. The predicted octanol–water partition coefficient (Wildman–Crippen LogP) is 3.52. The van der Waals surface area contributed by atoms with Crippen LogP contribution < -0.4 is 14.8 Å². The van der Waals surface area contributed by atoms with Gasteiger partial charge in [-0.1, -0.05) is 18.2 Å². The molecule has 0 bridgehead atoms. The van der Waals surface area contributed by atoms with E-state index in [4.69, 9.17) is 4.74 Å². The number of nitrogens with zero attached hydrogens (tertiary/aromatic N) is 3. The number of anilines is 2. The molecule has 0 saturated heterocycles. The van der Waals surface area contributed by atoms with E-state index in [9.17, 15) is 26.4 Å². The molecule has 9 nitrogen and oxygen atoms in total. The van der Waals surface area contributed by atoms with E-state index < -0.39 is 28.7 Å². The summed E-state index contributed by atoms with van der Waals surface area (Å²) in [5.74, 6) is -1.15. The van der Waals surface area contributed by atoms with Crippen molar-refractivity contribution in [3.8, 4) is 5.88 Å². The Balaban J connectivity index is 1.92. The first-order valence-electron chi connectivity index (χ1n) is 9.44. The molecule has 2 heterocycles. The van der Waals surface area contributed by atoms with Crippen LogP contribution in [0, 0.1) is 13.8 Å². The van der Waals surface area contributed by atoms with Crippen molar-refractivity contribution in [3.63, 3.8) is 0 Å². The van der Waals surface area contributed by atoms with Crippen LogP contribution in [0.3, 0.4) is 0 Å². The summed E-state index contributed by atoms with van der Waals surface area (Å²) in [4.78, 5) is 16.1. The minimum absolute atomic E-state index is 0.0672. The van der Waals surface area contributed by atoms with Gasteiger partial charge in [0.15, 0.2) is 4.90 Å². The number of aromatic nitrogens is 3. The standard InChI is InChI=1S/C20H20F3N5O4S/c1-12-5-4-6-13(2)17(12)27-33(30,31)16-9-14(10-24-19(16)32-3)26-18(29)15-7-8-25-28(15)11-20(21,22)23/h4-10,27H,11H2,1-3H3,(H,26,29). The van der Waals surface area contributed by atoms with Crippen molar-refractivity contribution in [1.29, 1.82) is 0 Å². The number of para-hydroxylation sites is 1. The third-order valence-corrected chi connectivity index (χ3v) is 5.90. The number of halogens is 3. The molecule has 13 heteroatoms. The Hall–Kier alpha value is -3.61. The van der Waals surface area contributed by atoms with Crippen molar-refractivity contribution in [3.05, 3.63) is 59.5 Å². The summed E-state index contributed by atoms with van der Waals surface area (Å²) < 4.78 is 72.3. The average molecular weight is 483 g/mol. The molecule has 0 atom stereocenters. The molecule has 0 aliphatic heterocycles. The van der Waals surface area contributed by atoms with Crippen molar-refractivity contribution < 1.29 is 31.1 Å². The lowest BCUT2D eigenvalue weighted by Gasteiger charge is -2.15. The van der Waals surface area contributed by atoms with Gasteiger partial charge in [-0.05, 0) is 37.1 Å². The van der Waals surface area contributed by atoms with Gasteiger partial charge in [-0.25, -0.2) is 13.4 Å². The molecule has 0 spiro atoms. The van der Waals surface area contributed by atoms with E-state index in [0.717, 1.165) is 24.5 Å². The normalized spacial score (nSPS) is 11.8. The molecule has 3 aromatic rings.